The van der Waals surface area contributed by atoms with Crippen molar-refractivity contribution in [3.8, 4) is 0 Å². The van der Waals surface area contributed by atoms with Crippen molar-refractivity contribution in [2.75, 3.05) is 4.90 Å². The van der Waals surface area contributed by atoms with Gasteiger partial charge < -0.3 is 4.90 Å². The standard InChI is InChI=1S/C28H31FN2O.C6H6ClNO2S/c1-20(22-11-14-25(29)15-12-22)10-17-28(32)31(19-26-9-5-6-21(2)30-26)27-16-13-23-7-3-4-8-24(23)18-27;7-5-2-1-3-6(4-5)11(8,9)10/h5-6,9,11-16,18,20H,3-4,7-8,10,17,19H2,1-2H3;1-4H,(H2,8,9,10). The zero-order valence-corrected chi connectivity index (χ0v) is 26.0. The number of sulfonamides is 1. The molecule has 1 amide bonds. The van der Waals surface area contributed by atoms with Crippen LogP contribution >= 0.6 is 11.6 Å². The smallest absolute Gasteiger partial charge is 0.238 e. The molecule has 0 fully saturated rings. The number of anilines is 1. The molecule has 3 aromatic carbocycles. The van der Waals surface area contributed by atoms with Crippen LogP contribution in [0.25, 0.3) is 0 Å². The predicted molar refractivity (Wildman–Crippen MR) is 170 cm³/mol. The zero-order valence-electron chi connectivity index (χ0n) is 24.5. The maximum absolute atomic E-state index is 13.4. The highest BCUT2D eigenvalue weighted by Crippen LogP contribution is 2.29. The molecule has 1 aliphatic carbocycles. The largest absolute Gasteiger partial charge is 0.306 e. The Balaban J connectivity index is 0.000000324. The fourth-order valence-electron chi connectivity index (χ4n) is 5.14. The van der Waals surface area contributed by atoms with Gasteiger partial charge in [0.05, 0.1) is 17.1 Å². The number of carbonyl (C=O) groups is 1. The van der Waals surface area contributed by atoms with Crippen molar-refractivity contribution >= 4 is 33.2 Å². The van der Waals surface area contributed by atoms with Gasteiger partial charge in [0.1, 0.15) is 5.82 Å². The van der Waals surface area contributed by atoms with Gasteiger partial charge in [0, 0.05) is 22.8 Å². The van der Waals surface area contributed by atoms with E-state index in [2.05, 4.69) is 30.1 Å². The number of primary sulfonamides is 1. The summed E-state index contributed by atoms with van der Waals surface area (Å²) in [5.41, 5.74) is 6.62. The van der Waals surface area contributed by atoms with Gasteiger partial charge in [-0.05, 0) is 116 Å². The topological polar surface area (TPSA) is 93.4 Å². The summed E-state index contributed by atoms with van der Waals surface area (Å²) in [7, 11) is -3.61. The van der Waals surface area contributed by atoms with E-state index in [9.17, 15) is 17.6 Å². The monoisotopic (exact) mass is 621 g/mol. The van der Waals surface area contributed by atoms with Crippen LogP contribution in [0.4, 0.5) is 10.1 Å². The Hall–Kier alpha value is -3.59. The van der Waals surface area contributed by atoms with E-state index in [4.69, 9.17) is 16.7 Å². The fourth-order valence-corrected chi connectivity index (χ4v) is 5.95. The Bertz CT molecular complexity index is 1660. The number of pyridine rings is 1. The van der Waals surface area contributed by atoms with E-state index in [1.807, 2.05) is 42.2 Å². The first-order valence-electron chi connectivity index (χ1n) is 14.4. The number of amides is 1. The Morgan fingerprint density at radius 1 is 0.977 bits per heavy atom. The van der Waals surface area contributed by atoms with Crippen molar-refractivity contribution in [1.82, 2.24) is 4.98 Å². The number of halogens is 2. The second-order valence-electron chi connectivity index (χ2n) is 10.9. The highest BCUT2D eigenvalue weighted by atomic mass is 35.5. The van der Waals surface area contributed by atoms with Crippen molar-refractivity contribution in [2.45, 2.75) is 69.7 Å². The average Bonchev–Trinajstić information content (AvgIpc) is 2.98. The van der Waals surface area contributed by atoms with E-state index in [0.29, 0.717) is 24.4 Å². The van der Waals surface area contributed by atoms with E-state index < -0.39 is 10.0 Å². The molecule has 5 rings (SSSR count). The molecule has 0 spiro atoms. The molecule has 1 atom stereocenters. The maximum atomic E-state index is 13.4. The zero-order chi connectivity index (χ0) is 31.0. The first-order valence-corrected chi connectivity index (χ1v) is 16.3. The second-order valence-corrected chi connectivity index (χ2v) is 12.9. The molecule has 226 valence electrons. The van der Waals surface area contributed by atoms with Crippen LogP contribution in [0.15, 0.2) is 89.8 Å². The maximum Gasteiger partial charge on any atom is 0.238 e. The minimum absolute atomic E-state index is 0.0324. The molecule has 0 aliphatic heterocycles. The minimum Gasteiger partial charge on any atom is -0.306 e. The number of hydrogen-bond donors (Lipinski definition) is 1. The SMILES string of the molecule is Cc1cccc(CN(C(=O)CCC(C)c2ccc(F)cc2)c2ccc3c(c2)CCCC3)n1.NS(=O)(=O)c1cccc(Cl)c1. The summed E-state index contributed by atoms with van der Waals surface area (Å²) < 4.78 is 34.7. The lowest BCUT2D eigenvalue weighted by molar-refractivity contribution is -0.118. The number of fused-ring (bicyclic) bond motifs is 1. The van der Waals surface area contributed by atoms with Gasteiger partial charge in [-0.15, -0.1) is 0 Å². The van der Waals surface area contributed by atoms with Gasteiger partial charge in [-0.3, -0.25) is 9.78 Å². The molecule has 4 aromatic rings. The molecular formula is C34H37ClFN3O3S. The third-order valence-electron chi connectivity index (χ3n) is 7.57. The lowest BCUT2D eigenvalue weighted by Crippen LogP contribution is -2.31. The first kappa shape index (κ1) is 32.3. The van der Waals surface area contributed by atoms with Crippen molar-refractivity contribution in [1.29, 1.82) is 0 Å². The van der Waals surface area contributed by atoms with Crippen LogP contribution in [-0.2, 0) is 34.2 Å². The van der Waals surface area contributed by atoms with Gasteiger partial charge in [0.2, 0.25) is 15.9 Å². The van der Waals surface area contributed by atoms with Crippen LogP contribution in [0.5, 0.6) is 0 Å². The van der Waals surface area contributed by atoms with Gasteiger partial charge in [0.25, 0.3) is 0 Å². The van der Waals surface area contributed by atoms with Crippen molar-refractivity contribution in [3.63, 3.8) is 0 Å². The molecule has 1 heterocycles. The molecule has 2 N–H and O–H groups in total. The molecular weight excluding hydrogens is 585 g/mol. The van der Waals surface area contributed by atoms with Crippen molar-refractivity contribution in [2.24, 2.45) is 5.14 Å². The average molecular weight is 622 g/mol. The molecule has 0 radical (unpaired) electrons. The summed E-state index contributed by atoms with van der Waals surface area (Å²) in [6.07, 6.45) is 5.80. The van der Waals surface area contributed by atoms with Gasteiger partial charge in [-0.2, -0.15) is 0 Å². The summed E-state index contributed by atoms with van der Waals surface area (Å²) in [5.74, 6) is 0.0429. The van der Waals surface area contributed by atoms with Crippen molar-refractivity contribution in [3.05, 3.63) is 124 Å². The summed E-state index contributed by atoms with van der Waals surface area (Å²) in [6, 6.07) is 24.8. The van der Waals surface area contributed by atoms with Crippen molar-refractivity contribution < 1.29 is 17.6 Å². The summed E-state index contributed by atoms with van der Waals surface area (Å²) >= 11 is 5.53. The van der Waals surface area contributed by atoms with Crippen LogP contribution in [0.2, 0.25) is 5.02 Å². The Kier molecular flexibility index (Phi) is 11.1. The summed E-state index contributed by atoms with van der Waals surface area (Å²) in [5, 5.41) is 5.20. The Morgan fingerprint density at radius 3 is 2.33 bits per heavy atom. The molecule has 6 nitrogen and oxygen atoms in total. The van der Waals surface area contributed by atoms with Gasteiger partial charge in [-0.25, -0.2) is 17.9 Å². The Labute approximate surface area is 258 Å². The number of benzene rings is 3. The predicted octanol–water partition coefficient (Wildman–Crippen LogP) is 7.51. The lowest BCUT2D eigenvalue weighted by atomic mass is 9.91. The number of nitrogens with zero attached hydrogens (tertiary/aromatic N) is 2. The van der Waals surface area contributed by atoms with Gasteiger partial charge in [-0.1, -0.05) is 48.9 Å². The Morgan fingerprint density at radius 2 is 1.67 bits per heavy atom. The van der Waals surface area contributed by atoms with Crippen LogP contribution in [0, 0.1) is 12.7 Å². The number of aromatic nitrogens is 1. The van der Waals surface area contributed by atoms with E-state index in [-0.39, 0.29) is 22.5 Å². The minimum atomic E-state index is -3.61. The van der Waals surface area contributed by atoms with E-state index >= 15 is 0 Å². The molecule has 0 bridgehead atoms. The number of rotatable bonds is 8. The van der Waals surface area contributed by atoms with Crippen LogP contribution < -0.4 is 10.0 Å². The fraction of sp³-hybridized carbons (Fsp3) is 0.294. The number of hydrogen-bond acceptors (Lipinski definition) is 4. The van der Waals surface area contributed by atoms with Crippen LogP contribution in [-0.4, -0.2) is 19.3 Å². The van der Waals surface area contributed by atoms with Gasteiger partial charge >= 0.3 is 0 Å². The molecule has 1 unspecified atom stereocenters. The molecule has 43 heavy (non-hydrogen) atoms. The molecule has 1 aromatic heterocycles. The molecule has 1 aliphatic rings. The number of carbonyl (C=O) groups excluding carboxylic acids is 1. The van der Waals surface area contributed by atoms with E-state index in [1.165, 1.54) is 54.3 Å². The number of aryl methyl sites for hydroxylation is 3. The summed E-state index contributed by atoms with van der Waals surface area (Å²) in [6.45, 7) is 4.52. The third-order valence-corrected chi connectivity index (χ3v) is 8.71. The van der Waals surface area contributed by atoms with Crippen LogP contribution in [0.3, 0.4) is 0 Å². The number of nitrogens with two attached hydrogens (primary N) is 1. The molecule has 9 heteroatoms. The quantitative estimate of drug-likeness (QED) is 0.220. The van der Waals surface area contributed by atoms with Gasteiger partial charge in [0.15, 0.2) is 0 Å². The highest BCUT2D eigenvalue weighted by molar-refractivity contribution is 7.89. The third kappa shape index (κ3) is 9.45. The summed E-state index contributed by atoms with van der Waals surface area (Å²) in [4.78, 5) is 20.0. The van der Waals surface area contributed by atoms with Crippen LogP contribution in [0.1, 0.15) is 66.6 Å². The normalized spacial score (nSPS) is 13.3. The first-order chi connectivity index (χ1) is 20.5. The van der Waals surface area contributed by atoms with E-state index in [1.54, 1.807) is 6.07 Å². The second kappa shape index (κ2) is 14.7. The highest BCUT2D eigenvalue weighted by Gasteiger charge is 2.20. The lowest BCUT2D eigenvalue weighted by Gasteiger charge is -2.26. The molecule has 0 saturated carbocycles. The molecule has 0 saturated heterocycles. The van der Waals surface area contributed by atoms with E-state index in [0.717, 1.165) is 35.5 Å².